The van der Waals surface area contributed by atoms with Crippen LogP contribution < -0.4 is 5.32 Å². The number of hydrogen-bond donors (Lipinski definition) is 1. The SMILES string of the molecule is Cc1ccc(NC(=O)COC(=O)[C@H](C)N2C(=O)[C@H]3CC=CC[C@@H]3C2=O)cc1. The molecule has 2 aliphatic rings. The van der Waals surface area contributed by atoms with E-state index in [1.165, 1.54) is 6.92 Å². The third-order valence-corrected chi connectivity index (χ3v) is 4.95. The molecule has 0 saturated carbocycles. The molecule has 1 aliphatic carbocycles. The number of ether oxygens (including phenoxy) is 1. The first-order valence-electron chi connectivity index (χ1n) is 8.93. The first-order valence-corrected chi connectivity index (χ1v) is 8.93. The predicted octanol–water partition coefficient (Wildman–Crippen LogP) is 1.82. The standard InChI is InChI=1S/C20H22N2O5/c1-12-7-9-14(10-8-12)21-17(23)11-27-20(26)13(2)22-18(24)15-5-3-4-6-16(15)19(22)25/h3-4,7-10,13,15-16H,5-6,11H2,1-2H3,(H,21,23)/t13-,15-,16-/m0/s1. The Hall–Kier alpha value is -2.96. The van der Waals surface area contributed by atoms with Crippen molar-refractivity contribution in [1.82, 2.24) is 4.90 Å². The van der Waals surface area contributed by atoms with Crippen molar-refractivity contribution in [2.24, 2.45) is 11.8 Å². The van der Waals surface area contributed by atoms with Gasteiger partial charge in [-0.3, -0.25) is 19.3 Å². The summed E-state index contributed by atoms with van der Waals surface area (Å²) in [6.07, 6.45) is 4.78. The van der Waals surface area contributed by atoms with Gasteiger partial charge in [-0.15, -0.1) is 0 Å². The second-order valence-electron chi connectivity index (χ2n) is 6.90. The maximum Gasteiger partial charge on any atom is 0.329 e. The Labute approximate surface area is 157 Å². The Balaban J connectivity index is 1.54. The van der Waals surface area contributed by atoms with Crippen LogP contribution in [-0.4, -0.2) is 41.2 Å². The average Bonchev–Trinajstić information content (AvgIpc) is 2.92. The molecule has 0 spiro atoms. The van der Waals surface area contributed by atoms with E-state index in [-0.39, 0.29) is 11.8 Å². The average molecular weight is 370 g/mol. The monoisotopic (exact) mass is 370 g/mol. The van der Waals surface area contributed by atoms with Crippen LogP contribution in [0.3, 0.4) is 0 Å². The van der Waals surface area contributed by atoms with Crippen LogP contribution in [0.4, 0.5) is 5.69 Å². The molecule has 3 atom stereocenters. The summed E-state index contributed by atoms with van der Waals surface area (Å²) < 4.78 is 5.01. The third kappa shape index (κ3) is 3.92. The number of nitrogens with one attached hydrogen (secondary N) is 1. The zero-order valence-electron chi connectivity index (χ0n) is 15.3. The Morgan fingerprint density at radius 3 is 2.22 bits per heavy atom. The molecule has 3 rings (SSSR count). The molecule has 1 N–H and O–H groups in total. The molecule has 7 nitrogen and oxygen atoms in total. The number of esters is 1. The largest absolute Gasteiger partial charge is 0.454 e. The van der Waals surface area contributed by atoms with E-state index in [4.69, 9.17) is 4.74 Å². The number of rotatable bonds is 5. The van der Waals surface area contributed by atoms with E-state index in [1.54, 1.807) is 12.1 Å². The topological polar surface area (TPSA) is 92.8 Å². The van der Waals surface area contributed by atoms with E-state index in [1.807, 2.05) is 31.2 Å². The molecule has 27 heavy (non-hydrogen) atoms. The normalized spacial score (nSPS) is 22.4. The molecular weight excluding hydrogens is 348 g/mol. The Bertz CT molecular complexity index is 773. The van der Waals surface area contributed by atoms with Gasteiger partial charge in [0, 0.05) is 5.69 Å². The smallest absolute Gasteiger partial charge is 0.329 e. The molecule has 142 valence electrons. The van der Waals surface area contributed by atoms with Gasteiger partial charge in [-0.2, -0.15) is 0 Å². The quantitative estimate of drug-likeness (QED) is 0.485. The molecule has 3 amide bonds. The first kappa shape index (κ1) is 18.8. The van der Waals surface area contributed by atoms with Gasteiger partial charge in [-0.25, -0.2) is 4.79 Å². The van der Waals surface area contributed by atoms with Gasteiger partial charge in [-0.1, -0.05) is 29.8 Å². The van der Waals surface area contributed by atoms with E-state index in [0.29, 0.717) is 18.5 Å². The Kier molecular flexibility index (Phi) is 5.39. The van der Waals surface area contributed by atoms with Crippen molar-refractivity contribution in [3.8, 4) is 0 Å². The highest BCUT2D eigenvalue weighted by atomic mass is 16.5. The Morgan fingerprint density at radius 2 is 1.67 bits per heavy atom. The molecule has 0 unspecified atom stereocenters. The van der Waals surface area contributed by atoms with Crippen molar-refractivity contribution in [3.63, 3.8) is 0 Å². The number of amides is 3. The van der Waals surface area contributed by atoms with Crippen molar-refractivity contribution in [3.05, 3.63) is 42.0 Å². The van der Waals surface area contributed by atoms with Crippen molar-refractivity contribution < 1.29 is 23.9 Å². The number of fused-ring (bicyclic) bond motifs is 1. The minimum Gasteiger partial charge on any atom is -0.454 e. The third-order valence-electron chi connectivity index (χ3n) is 4.95. The van der Waals surface area contributed by atoms with Crippen molar-refractivity contribution in [1.29, 1.82) is 0 Å². The summed E-state index contributed by atoms with van der Waals surface area (Å²) in [5.41, 5.74) is 1.65. The zero-order chi connectivity index (χ0) is 19.6. The summed E-state index contributed by atoms with van der Waals surface area (Å²) in [5.74, 6) is -2.75. The molecule has 1 heterocycles. The second kappa shape index (κ2) is 7.73. The summed E-state index contributed by atoms with van der Waals surface area (Å²) in [7, 11) is 0. The van der Waals surface area contributed by atoms with Gasteiger partial charge in [0.1, 0.15) is 6.04 Å². The molecule has 0 radical (unpaired) electrons. The van der Waals surface area contributed by atoms with E-state index in [0.717, 1.165) is 10.5 Å². The van der Waals surface area contributed by atoms with E-state index in [2.05, 4.69) is 5.32 Å². The van der Waals surface area contributed by atoms with Gasteiger partial charge in [0.25, 0.3) is 5.91 Å². The maximum absolute atomic E-state index is 12.5. The van der Waals surface area contributed by atoms with Crippen molar-refractivity contribution >= 4 is 29.4 Å². The van der Waals surface area contributed by atoms with Crippen LogP contribution in [0.1, 0.15) is 25.3 Å². The highest BCUT2D eigenvalue weighted by molar-refractivity contribution is 6.08. The lowest BCUT2D eigenvalue weighted by atomic mass is 9.85. The second-order valence-corrected chi connectivity index (χ2v) is 6.90. The highest BCUT2D eigenvalue weighted by Crippen LogP contribution is 2.36. The van der Waals surface area contributed by atoms with Crippen LogP contribution in [0.5, 0.6) is 0 Å². The minimum absolute atomic E-state index is 0.345. The van der Waals surface area contributed by atoms with Gasteiger partial charge in [0.05, 0.1) is 11.8 Å². The number of carbonyl (C=O) groups excluding carboxylic acids is 4. The van der Waals surface area contributed by atoms with Crippen LogP contribution in [-0.2, 0) is 23.9 Å². The number of aryl methyl sites for hydroxylation is 1. The summed E-state index contributed by atoms with van der Waals surface area (Å²) in [6, 6.07) is 6.14. The molecule has 1 aliphatic heterocycles. The fourth-order valence-electron chi connectivity index (χ4n) is 3.40. The number of carbonyl (C=O) groups is 4. The zero-order valence-corrected chi connectivity index (χ0v) is 15.3. The van der Waals surface area contributed by atoms with Gasteiger partial charge < -0.3 is 10.1 Å². The summed E-state index contributed by atoms with van der Waals surface area (Å²) in [5, 5.41) is 2.62. The molecule has 1 aromatic carbocycles. The molecule has 7 heteroatoms. The van der Waals surface area contributed by atoms with Crippen LogP contribution in [0.2, 0.25) is 0 Å². The number of anilines is 1. The molecule has 1 fully saturated rings. The summed E-state index contributed by atoms with van der Waals surface area (Å²) in [6.45, 7) is 2.89. The maximum atomic E-state index is 12.5. The molecule has 1 saturated heterocycles. The number of nitrogens with zero attached hydrogens (tertiary/aromatic N) is 1. The summed E-state index contributed by atoms with van der Waals surface area (Å²) >= 11 is 0. The van der Waals surface area contributed by atoms with Crippen LogP contribution >= 0.6 is 0 Å². The van der Waals surface area contributed by atoms with E-state index < -0.39 is 36.4 Å². The minimum atomic E-state index is -1.05. The fraction of sp³-hybridized carbons (Fsp3) is 0.400. The number of benzene rings is 1. The van der Waals surface area contributed by atoms with E-state index in [9.17, 15) is 19.2 Å². The van der Waals surface area contributed by atoms with Gasteiger partial charge in [0.15, 0.2) is 6.61 Å². The molecule has 1 aromatic rings. The van der Waals surface area contributed by atoms with Gasteiger partial charge in [-0.05, 0) is 38.8 Å². The number of hydrogen-bond acceptors (Lipinski definition) is 5. The number of likely N-dealkylation sites (tertiary alicyclic amines) is 1. The van der Waals surface area contributed by atoms with Crippen LogP contribution in [0.25, 0.3) is 0 Å². The fourth-order valence-corrected chi connectivity index (χ4v) is 3.40. The van der Waals surface area contributed by atoms with Crippen LogP contribution in [0.15, 0.2) is 36.4 Å². The summed E-state index contributed by atoms with van der Waals surface area (Å²) in [4.78, 5) is 50.2. The van der Waals surface area contributed by atoms with Gasteiger partial charge >= 0.3 is 5.97 Å². The lowest BCUT2D eigenvalue weighted by Gasteiger charge is -2.21. The van der Waals surface area contributed by atoms with Crippen molar-refractivity contribution in [2.75, 3.05) is 11.9 Å². The highest BCUT2D eigenvalue weighted by Gasteiger charge is 2.50. The first-order chi connectivity index (χ1) is 12.9. The lowest BCUT2D eigenvalue weighted by Crippen LogP contribution is -2.45. The Morgan fingerprint density at radius 1 is 1.11 bits per heavy atom. The molecule has 0 bridgehead atoms. The molecular formula is C20H22N2O5. The van der Waals surface area contributed by atoms with Crippen LogP contribution in [0, 0.1) is 18.8 Å². The lowest BCUT2D eigenvalue weighted by molar-refractivity contribution is -0.159. The van der Waals surface area contributed by atoms with Gasteiger partial charge in [0.2, 0.25) is 11.8 Å². The predicted molar refractivity (Wildman–Crippen MR) is 97.4 cm³/mol. The van der Waals surface area contributed by atoms with Crippen molar-refractivity contribution in [2.45, 2.75) is 32.7 Å². The molecule has 0 aromatic heterocycles. The number of imide groups is 1. The van der Waals surface area contributed by atoms with E-state index >= 15 is 0 Å². The number of allylic oxidation sites excluding steroid dienone is 2.